The smallest absolute Gasteiger partial charge is 0.337 e. The minimum Gasteiger partial charge on any atom is -0.478 e. The maximum absolute atomic E-state index is 10.7. The lowest BCUT2D eigenvalue weighted by molar-refractivity contribution is -0.385. The molecule has 1 N–H and O–H groups in total. The first-order valence-electron chi connectivity index (χ1n) is 5.14. The number of carbonyl (C=O) groups is 1. The minimum atomic E-state index is -1.07. The standard InChI is InChI=1S/C11H6ClN3O4S/c12-8-3-7(15(18)19)5-14-10(8)20-9-2-1-6(4-13-9)11(16)17/h1-5H,(H,16,17). The van der Waals surface area contributed by atoms with Crippen LogP contribution in [0.5, 0.6) is 0 Å². The number of halogens is 1. The highest BCUT2D eigenvalue weighted by Gasteiger charge is 2.12. The molecule has 2 heterocycles. The van der Waals surface area contributed by atoms with E-state index >= 15 is 0 Å². The lowest BCUT2D eigenvalue weighted by Gasteiger charge is -2.02. The van der Waals surface area contributed by atoms with E-state index in [1.807, 2.05) is 0 Å². The van der Waals surface area contributed by atoms with Crippen molar-refractivity contribution in [3.05, 3.63) is 51.3 Å². The molecule has 0 saturated carbocycles. The molecule has 0 aliphatic carbocycles. The van der Waals surface area contributed by atoms with E-state index in [9.17, 15) is 14.9 Å². The van der Waals surface area contributed by atoms with Gasteiger partial charge in [-0.25, -0.2) is 14.8 Å². The van der Waals surface area contributed by atoms with Crippen LogP contribution in [0.2, 0.25) is 5.02 Å². The van der Waals surface area contributed by atoms with Crippen molar-refractivity contribution in [2.45, 2.75) is 10.1 Å². The Hall–Kier alpha value is -2.19. The van der Waals surface area contributed by atoms with Gasteiger partial charge in [0.25, 0.3) is 5.69 Å². The normalized spacial score (nSPS) is 10.2. The zero-order valence-electron chi connectivity index (χ0n) is 9.69. The topological polar surface area (TPSA) is 106 Å². The Morgan fingerprint density at radius 2 is 2.10 bits per heavy atom. The molecule has 0 bridgehead atoms. The number of carboxylic acids is 1. The van der Waals surface area contributed by atoms with Crippen LogP contribution >= 0.6 is 23.4 Å². The summed E-state index contributed by atoms with van der Waals surface area (Å²) >= 11 is 6.98. The Kier molecular flexibility index (Phi) is 4.16. The number of pyridine rings is 2. The quantitative estimate of drug-likeness (QED) is 0.683. The van der Waals surface area contributed by atoms with Crippen molar-refractivity contribution >= 4 is 35.0 Å². The van der Waals surface area contributed by atoms with E-state index in [0.29, 0.717) is 10.1 Å². The van der Waals surface area contributed by atoms with Crippen LogP contribution in [0.3, 0.4) is 0 Å². The van der Waals surface area contributed by atoms with E-state index in [2.05, 4.69) is 9.97 Å². The zero-order valence-corrected chi connectivity index (χ0v) is 11.3. The van der Waals surface area contributed by atoms with Gasteiger partial charge in [-0.05, 0) is 23.9 Å². The molecule has 0 spiro atoms. The van der Waals surface area contributed by atoms with E-state index in [0.717, 1.165) is 18.0 Å². The fraction of sp³-hybridized carbons (Fsp3) is 0. The van der Waals surface area contributed by atoms with E-state index < -0.39 is 10.9 Å². The van der Waals surface area contributed by atoms with E-state index in [1.165, 1.54) is 24.4 Å². The molecule has 2 aromatic heterocycles. The van der Waals surface area contributed by atoms with Gasteiger partial charge in [0.1, 0.15) is 16.2 Å². The van der Waals surface area contributed by atoms with Gasteiger partial charge >= 0.3 is 5.97 Å². The Labute approximate surface area is 121 Å². The molecule has 0 aliphatic heterocycles. The number of aromatic carboxylic acids is 1. The fourth-order valence-electron chi connectivity index (χ4n) is 1.26. The van der Waals surface area contributed by atoms with Gasteiger partial charge in [-0.3, -0.25) is 10.1 Å². The van der Waals surface area contributed by atoms with Gasteiger partial charge in [-0.2, -0.15) is 0 Å². The second kappa shape index (κ2) is 5.85. The average Bonchev–Trinajstić information content (AvgIpc) is 2.41. The second-order valence-electron chi connectivity index (χ2n) is 3.53. The monoisotopic (exact) mass is 311 g/mol. The molecule has 0 amide bonds. The van der Waals surface area contributed by atoms with Gasteiger partial charge < -0.3 is 5.11 Å². The molecule has 2 aromatic rings. The van der Waals surface area contributed by atoms with Crippen LogP contribution in [0.15, 0.2) is 40.6 Å². The minimum absolute atomic E-state index is 0.0668. The summed E-state index contributed by atoms with van der Waals surface area (Å²) < 4.78 is 0. The highest BCUT2D eigenvalue weighted by atomic mass is 35.5. The van der Waals surface area contributed by atoms with Gasteiger partial charge in [0.05, 0.1) is 15.5 Å². The summed E-state index contributed by atoms with van der Waals surface area (Å²) in [6.07, 6.45) is 2.31. The van der Waals surface area contributed by atoms with Crippen molar-refractivity contribution < 1.29 is 14.8 Å². The molecular weight excluding hydrogens is 306 g/mol. The highest BCUT2D eigenvalue weighted by molar-refractivity contribution is 7.99. The molecule has 0 radical (unpaired) electrons. The van der Waals surface area contributed by atoms with Crippen molar-refractivity contribution in [3.63, 3.8) is 0 Å². The summed E-state index contributed by atoms with van der Waals surface area (Å²) in [6.45, 7) is 0. The molecule has 0 fully saturated rings. The summed E-state index contributed by atoms with van der Waals surface area (Å²) in [4.78, 5) is 28.5. The zero-order chi connectivity index (χ0) is 14.7. The van der Waals surface area contributed by atoms with Crippen molar-refractivity contribution in [1.29, 1.82) is 0 Å². The number of nitrogens with zero attached hydrogens (tertiary/aromatic N) is 3. The van der Waals surface area contributed by atoms with Crippen molar-refractivity contribution in [2.75, 3.05) is 0 Å². The Morgan fingerprint density at radius 3 is 2.60 bits per heavy atom. The van der Waals surface area contributed by atoms with E-state index in [-0.39, 0.29) is 16.3 Å². The van der Waals surface area contributed by atoms with Crippen LogP contribution in [-0.4, -0.2) is 26.0 Å². The summed E-state index contributed by atoms with van der Waals surface area (Å²) in [5.41, 5.74) is -0.134. The molecular formula is C11H6ClN3O4S. The first kappa shape index (κ1) is 14.2. The Bertz CT molecular complexity index is 678. The van der Waals surface area contributed by atoms with Crippen LogP contribution in [0.1, 0.15) is 10.4 Å². The fourth-order valence-corrected chi connectivity index (χ4v) is 2.23. The Balaban J connectivity index is 2.21. The number of aromatic nitrogens is 2. The average molecular weight is 312 g/mol. The largest absolute Gasteiger partial charge is 0.478 e. The number of nitro groups is 1. The summed E-state index contributed by atoms with van der Waals surface area (Å²) in [7, 11) is 0. The Morgan fingerprint density at radius 1 is 1.35 bits per heavy atom. The predicted octanol–water partition coefficient (Wildman–Crippen LogP) is 2.89. The maximum atomic E-state index is 10.7. The molecule has 0 aliphatic rings. The molecule has 0 atom stereocenters. The maximum Gasteiger partial charge on any atom is 0.337 e. The van der Waals surface area contributed by atoms with Crippen molar-refractivity contribution in [3.8, 4) is 0 Å². The second-order valence-corrected chi connectivity index (χ2v) is 4.95. The highest BCUT2D eigenvalue weighted by Crippen LogP contribution is 2.32. The summed E-state index contributed by atoms with van der Waals surface area (Å²) in [5.74, 6) is -1.07. The van der Waals surface area contributed by atoms with Gasteiger partial charge in [0.2, 0.25) is 0 Å². The number of hydrogen-bond donors (Lipinski definition) is 1. The van der Waals surface area contributed by atoms with E-state index in [4.69, 9.17) is 16.7 Å². The summed E-state index contributed by atoms with van der Waals surface area (Å²) in [5, 5.41) is 20.3. The summed E-state index contributed by atoms with van der Waals surface area (Å²) in [6, 6.07) is 4.10. The number of carboxylic acid groups (broad SMARTS) is 1. The molecule has 0 aromatic carbocycles. The lowest BCUT2D eigenvalue weighted by atomic mass is 10.3. The van der Waals surface area contributed by atoms with E-state index in [1.54, 1.807) is 0 Å². The number of hydrogen-bond acceptors (Lipinski definition) is 6. The van der Waals surface area contributed by atoms with Crippen molar-refractivity contribution in [2.24, 2.45) is 0 Å². The van der Waals surface area contributed by atoms with Gasteiger partial charge in [0, 0.05) is 12.3 Å². The van der Waals surface area contributed by atoms with Crippen molar-refractivity contribution in [1.82, 2.24) is 9.97 Å². The molecule has 20 heavy (non-hydrogen) atoms. The molecule has 9 heteroatoms. The molecule has 2 rings (SSSR count). The number of rotatable bonds is 4. The lowest BCUT2D eigenvalue weighted by Crippen LogP contribution is -1.97. The van der Waals surface area contributed by atoms with Crippen LogP contribution in [-0.2, 0) is 0 Å². The molecule has 0 unspecified atom stereocenters. The van der Waals surface area contributed by atoms with Crippen LogP contribution in [0.25, 0.3) is 0 Å². The molecule has 102 valence electrons. The van der Waals surface area contributed by atoms with Gasteiger partial charge in [-0.15, -0.1) is 0 Å². The third-order valence-electron chi connectivity index (χ3n) is 2.19. The SMILES string of the molecule is O=C(O)c1ccc(Sc2ncc([N+](=O)[O-])cc2Cl)nc1. The molecule has 0 saturated heterocycles. The molecule has 7 nitrogen and oxygen atoms in total. The first-order valence-corrected chi connectivity index (χ1v) is 6.34. The van der Waals surface area contributed by atoms with Gasteiger partial charge in [-0.1, -0.05) is 11.6 Å². The van der Waals surface area contributed by atoms with Crippen LogP contribution in [0.4, 0.5) is 5.69 Å². The third-order valence-corrected chi connectivity index (χ3v) is 3.56. The van der Waals surface area contributed by atoms with Crippen LogP contribution in [0, 0.1) is 10.1 Å². The third kappa shape index (κ3) is 3.22. The predicted molar refractivity (Wildman–Crippen MR) is 71.2 cm³/mol. The first-order chi connectivity index (χ1) is 9.47. The van der Waals surface area contributed by atoms with Gasteiger partial charge in [0.15, 0.2) is 0 Å². The van der Waals surface area contributed by atoms with Crippen LogP contribution < -0.4 is 0 Å².